The van der Waals surface area contributed by atoms with Gasteiger partial charge in [0.1, 0.15) is 6.33 Å². The van der Waals surface area contributed by atoms with Crippen LogP contribution in [-0.4, -0.2) is 49.0 Å². The number of rotatable bonds is 5. The van der Waals surface area contributed by atoms with Gasteiger partial charge in [-0.2, -0.15) is 9.49 Å². The monoisotopic (exact) mass is 548 g/mol. The van der Waals surface area contributed by atoms with Crippen molar-refractivity contribution in [2.24, 2.45) is 7.05 Å². The molecule has 1 N–H and O–H groups in total. The Morgan fingerprint density at radius 2 is 2.00 bits per heavy atom. The van der Waals surface area contributed by atoms with Gasteiger partial charge in [0, 0.05) is 49.5 Å². The lowest BCUT2D eigenvalue weighted by Crippen LogP contribution is -2.44. The molecule has 0 aliphatic carbocycles. The van der Waals surface area contributed by atoms with E-state index in [-0.39, 0.29) is 31.2 Å². The Balaban J connectivity index is 0.00000320. The zero-order valence-electron chi connectivity index (χ0n) is 20.6. The van der Waals surface area contributed by atoms with E-state index < -0.39 is 17.1 Å². The molecule has 4 heterocycles. The Morgan fingerprint density at radius 3 is 2.76 bits per heavy atom. The lowest BCUT2D eigenvalue weighted by atomic mass is 9.93. The zero-order chi connectivity index (χ0) is 25.6. The second-order valence-electron chi connectivity index (χ2n) is 9.23. The number of benzene rings is 1. The molecule has 1 saturated heterocycles. The molecule has 1 unspecified atom stereocenters. The molecule has 5 rings (SSSR count). The lowest BCUT2D eigenvalue weighted by Gasteiger charge is -2.30. The molecule has 1 aromatic carbocycles. The molecular weight excluding hydrogens is 522 g/mol. The summed E-state index contributed by atoms with van der Waals surface area (Å²) in [6, 6.07) is 5.60. The van der Waals surface area contributed by atoms with Gasteiger partial charge in [-0.15, -0.1) is 12.4 Å². The summed E-state index contributed by atoms with van der Waals surface area (Å²) in [5, 5.41) is 8.29. The van der Waals surface area contributed by atoms with Crippen molar-refractivity contribution >= 4 is 29.5 Å². The van der Waals surface area contributed by atoms with E-state index in [1.54, 1.807) is 16.8 Å². The molecule has 1 fully saturated rings. The molecule has 0 bridgehead atoms. The van der Waals surface area contributed by atoms with Gasteiger partial charge < -0.3 is 14.6 Å². The van der Waals surface area contributed by atoms with Gasteiger partial charge in [-0.3, -0.25) is 9.36 Å². The third-order valence-electron chi connectivity index (χ3n) is 6.45. The number of halogens is 3. The molecule has 0 radical (unpaired) electrons. The fourth-order valence-corrected chi connectivity index (χ4v) is 5.03. The van der Waals surface area contributed by atoms with Crippen LogP contribution >= 0.6 is 24.0 Å². The first-order valence-electron chi connectivity index (χ1n) is 11.6. The highest BCUT2D eigenvalue weighted by molar-refractivity contribution is 6.31. The summed E-state index contributed by atoms with van der Waals surface area (Å²) in [5.41, 5.74) is 3.32. The van der Waals surface area contributed by atoms with Crippen LogP contribution in [-0.2, 0) is 24.8 Å². The Labute approximate surface area is 223 Å². The number of nitrogens with one attached hydrogen (secondary N) is 1. The van der Waals surface area contributed by atoms with E-state index in [0.717, 1.165) is 45.1 Å². The second-order valence-corrected chi connectivity index (χ2v) is 9.66. The molecule has 1 aliphatic heterocycles. The molecule has 0 spiro atoms. The van der Waals surface area contributed by atoms with E-state index in [2.05, 4.69) is 15.4 Å². The van der Waals surface area contributed by atoms with E-state index in [9.17, 15) is 14.0 Å². The first kappa shape index (κ1) is 27.0. The number of nitrogens with zero attached hydrogens (tertiary/aromatic N) is 5. The van der Waals surface area contributed by atoms with E-state index in [1.165, 1.54) is 13.4 Å². The number of aryl methyl sites for hydroxylation is 2. The van der Waals surface area contributed by atoms with Gasteiger partial charge >= 0.3 is 5.69 Å². The van der Waals surface area contributed by atoms with Crippen molar-refractivity contribution in [1.82, 2.24) is 29.0 Å². The Morgan fingerprint density at radius 1 is 1.22 bits per heavy atom. The molecule has 0 amide bonds. The molecule has 2 atom stereocenters. The molecule has 0 saturated carbocycles. The molecular formula is C25H27Cl2FN6O3. The highest BCUT2D eigenvalue weighted by atomic mass is 35.5. The van der Waals surface area contributed by atoms with Crippen LogP contribution in [0.25, 0.3) is 16.8 Å². The lowest BCUT2D eigenvalue weighted by molar-refractivity contribution is -0.0262. The minimum atomic E-state index is -0.992. The highest BCUT2D eigenvalue weighted by Crippen LogP contribution is 2.33. The topological polar surface area (TPSA) is 95.5 Å². The van der Waals surface area contributed by atoms with Crippen molar-refractivity contribution in [2.75, 3.05) is 13.1 Å². The predicted octanol–water partition coefficient (Wildman–Crippen LogP) is 2.75. The first-order chi connectivity index (χ1) is 17.2. The van der Waals surface area contributed by atoms with Crippen LogP contribution < -0.4 is 16.6 Å². The maximum absolute atomic E-state index is 14.0. The van der Waals surface area contributed by atoms with Crippen LogP contribution in [0.4, 0.5) is 4.39 Å². The van der Waals surface area contributed by atoms with Crippen LogP contribution in [0.3, 0.4) is 0 Å². The summed E-state index contributed by atoms with van der Waals surface area (Å²) < 4.78 is 23.7. The minimum absolute atomic E-state index is 0. The van der Waals surface area contributed by atoms with Gasteiger partial charge in [0.2, 0.25) is 5.82 Å². The fraction of sp³-hybridized carbons (Fsp3) is 0.360. The Hall–Kier alpha value is -3.05. The van der Waals surface area contributed by atoms with Gasteiger partial charge in [-0.1, -0.05) is 11.6 Å². The third kappa shape index (κ3) is 5.33. The van der Waals surface area contributed by atoms with Crippen LogP contribution in [0.2, 0.25) is 5.02 Å². The SMILES string of the molecule is Cc1cc(Cl)cc(-c2ncnn3cc(Cn4c(=O)c(F)cn(C)c4=O)cc23)c1CC1CNC[C@H](C)O1.Cl. The van der Waals surface area contributed by atoms with E-state index >= 15 is 0 Å². The average molecular weight is 549 g/mol. The van der Waals surface area contributed by atoms with Gasteiger partial charge in [-0.05, 0) is 48.7 Å². The number of hydrogen-bond donors (Lipinski definition) is 1. The fourth-order valence-electron chi connectivity index (χ4n) is 4.76. The molecule has 12 heteroatoms. The summed E-state index contributed by atoms with van der Waals surface area (Å²) in [6.45, 7) is 5.52. The summed E-state index contributed by atoms with van der Waals surface area (Å²) in [4.78, 5) is 29.3. The van der Waals surface area contributed by atoms with Gasteiger partial charge in [0.05, 0.1) is 30.0 Å². The Kier molecular flexibility index (Phi) is 7.84. The number of fused-ring (bicyclic) bond motifs is 1. The van der Waals surface area contributed by atoms with Crippen molar-refractivity contribution in [3.63, 3.8) is 0 Å². The molecule has 4 aromatic rings. The van der Waals surface area contributed by atoms with E-state index in [1.807, 2.05) is 26.0 Å². The number of morpholine rings is 1. The maximum Gasteiger partial charge on any atom is 0.331 e. The summed E-state index contributed by atoms with van der Waals surface area (Å²) >= 11 is 6.46. The van der Waals surface area contributed by atoms with Crippen molar-refractivity contribution in [1.29, 1.82) is 0 Å². The quantitative estimate of drug-likeness (QED) is 0.412. The van der Waals surface area contributed by atoms with E-state index in [0.29, 0.717) is 28.2 Å². The first-order valence-corrected chi connectivity index (χ1v) is 12.0. The number of hydrogen-bond acceptors (Lipinski definition) is 6. The summed E-state index contributed by atoms with van der Waals surface area (Å²) in [5.74, 6) is -0.992. The predicted molar refractivity (Wildman–Crippen MR) is 141 cm³/mol. The van der Waals surface area contributed by atoms with Gasteiger partial charge in [0.15, 0.2) is 0 Å². The second kappa shape index (κ2) is 10.7. The summed E-state index contributed by atoms with van der Waals surface area (Å²) in [7, 11) is 1.40. The van der Waals surface area contributed by atoms with Crippen LogP contribution in [0.15, 0.2) is 46.5 Å². The Bertz CT molecular complexity index is 1550. The van der Waals surface area contributed by atoms with E-state index in [4.69, 9.17) is 16.3 Å². The standard InChI is InChI=1S/C25H26ClFN6O3.ClH/c1-14-4-17(26)6-20(19(14)7-18-9-28-8-15(2)36-18)23-22-5-16(11-33(22)30-13-29-23)10-32-24(34)21(27)12-31(3)25(32)35;/h4-6,11-13,15,18,28H,7-10H2,1-3H3;1H/t15-,18?;/m0./s1. The molecule has 37 heavy (non-hydrogen) atoms. The van der Waals surface area contributed by atoms with Crippen molar-refractivity contribution < 1.29 is 9.13 Å². The third-order valence-corrected chi connectivity index (χ3v) is 6.66. The van der Waals surface area contributed by atoms with Crippen molar-refractivity contribution in [2.45, 2.75) is 39.0 Å². The molecule has 196 valence electrons. The maximum atomic E-state index is 14.0. The number of aromatic nitrogens is 5. The smallest absolute Gasteiger partial charge is 0.331 e. The molecule has 3 aromatic heterocycles. The normalized spacial score (nSPS) is 17.6. The van der Waals surface area contributed by atoms with Gasteiger partial charge in [0.25, 0.3) is 5.56 Å². The molecule has 9 nitrogen and oxygen atoms in total. The zero-order valence-corrected chi connectivity index (χ0v) is 22.1. The van der Waals surface area contributed by atoms with Gasteiger partial charge in [-0.25, -0.2) is 14.3 Å². The molecule has 1 aliphatic rings. The van der Waals surface area contributed by atoms with Crippen LogP contribution in [0.1, 0.15) is 23.6 Å². The number of ether oxygens (including phenoxy) is 1. The highest BCUT2D eigenvalue weighted by Gasteiger charge is 2.23. The van der Waals surface area contributed by atoms with Crippen LogP contribution in [0.5, 0.6) is 0 Å². The average Bonchev–Trinajstić information content (AvgIpc) is 3.25. The summed E-state index contributed by atoms with van der Waals surface area (Å²) in [6.07, 6.45) is 4.83. The van der Waals surface area contributed by atoms with Crippen LogP contribution in [0, 0.1) is 12.7 Å². The van der Waals surface area contributed by atoms with Crippen molar-refractivity contribution in [3.8, 4) is 11.3 Å². The largest absolute Gasteiger partial charge is 0.372 e. The minimum Gasteiger partial charge on any atom is -0.372 e. The van der Waals surface area contributed by atoms with Crippen molar-refractivity contribution in [3.05, 3.63) is 85.3 Å².